The Balaban J connectivity index is 1.62. The third-order valence-corrected chi connectivity index (χ3v) is 5.64. The Morgan fingerprint density at radius 2 is 1.84 bits per heavy atom. The van der Waals surface area contributed by atoms with Crippen LogP contribution in [0.2, 0.25) is 0 Å². The molecule has 1 aliphatic rings. The van der Waals surface area contributed by atoms with Crippen molar-refractivity contribution in [1.29, 1.82) is 0 Å². The third kappa shape index (κ3) is 4.23. The van der Waals surface area contributed by atoms with Gasteiger partial charge in [-0.15, -0.1) is 11.8 Å². The van der Waals surface area contributed by atoms with Crippen LogP contribution < -0.4 is 10.2 Å². The molecule has 1 aliphatic heterocycles. The van der Waals surface area contributed by atoms with Gasteiger partial charge in [0.25, 0.3) is 0 Å². The number of fused-ring (bicyclic) bond motifs is 1. The molecule has 1 atom stereocenters. The van der Waals surface area contributed by atoms with Crippen LogP contribution in [0, 0.1) is 0 Å². The lowest BCUT2D eigenvalue weighted by Gasteiger charge is -2.32. The maximum absolute atomic E-state index is 12.7. The molecule has 0 saturated carbocycles. The van der Waals surface area contributed by atoms with Crippen LogP contribution in [-0.4, -0.2) is 30.2 Å². The fourth-order valence-electron chi connectivity index (χ4n) is 2.89. The number of carbonyl (C=O) groups is 2. The van der Waals surface area contributed by atoms with Gasteiger partial charge in [-0.3, -0.25) is 9.59 Å². The van der Waals surface area contributed by atoms with E-state index >= 15 is 0 Å². The Hall–Kier alpha value is -2.27. The van der Waals surface area contributed by atoms with Crippen molar-refractivity contribution in [3.8, 4) is 0 Å². The minimum Gasteiger partial charge on any atom is -0.354 e. The van der Waals surface area contributed by atoms with E-state index in [9.17, 15) is 9.59 Å². The zero-order chi connectivity index (χ0) is 17.6. The summed E-state index contributed by atoms with van der Waals surface area (Å²) in [6.07, 6.45) is 1.54. The number of hydrogen-bond donors (Lipinski definition) is 1. The summed E-state index contributed by atoms with van der Waals surface area (Å²) < 4.78 is 0. The van der Waals surface area contributed by atoms with Gasteiger partial charge in [0, 0.05) is 11.4 Å². The third-order valence-electron chi connectivity index (χ3n) is 4.22. The maximum atomic E-state index is 12.7. The van der Waals surface area contributed by atoms with Crippen LogP contribution in [0.15, 0.2) is 59.5 Å². The lowest BCUT2D eigenvalue weighted by Crippen LogP contribution is -2.46. The molecule has 0 aromatic heterocycles. The molecule has 3 rings (SSSR count). The first-order valence-corrected chi connectivity index (χ1v) is 9.44. The number of thioether (sulfide) groups is 1. The number of benzene rings is 2. The van der Waals surface area contributed by atoms with Crippen LogP contribution >= 0.6 is 11.8 Å². The Morgan fingerprint density at radius 3 is 2.60 bits per heavy atom. The molecule has 2 aromatic carbocycles. The van der Waals surface area contributed by atoms with Gasteiger partial charge < -0.3 is 10.2 Å². The van der Waals surface area contributed by atoms with E-state index in [1.165, 1.54) is 5.56 Å². The van der Waals surface area contributed by atoms with E-state index in [2.05, 4.69) is 5.32 Å². The van der Waals surface area contributed by atoms with Crippen molar-refractivity contribution in [2.24, 2.45) is 0 Å². The van der Waals surface area contributed by atoms with Crippen LogP contribution in [-0.2, 0) is 16.0 Å². The summed E-state index contributed by atoms with van der Waals surface area (Å²) in [5.74, 6) is -0.106. The van der Waals surface area contributed by atoms with Gasteiger partial charge in [0.15, 0.2) is 0 Å². The van der Waals surface area contributed by atoms with E-state index in [1.807, 2.05) is 61.5 Å². The van der Waals surface area contributed by atoms with Crippen molar-refractivity contribution in [2.75, 3.05) is 18.0 Å². The highest BCUT2D eigenvalue weighted by Gasteiger charge is 2.33. The predicted octanol–water partition coefficient (Wildman–Crippen LogP) is 3.26. The number of para-hydroxylation sites is 1. The Bertz CT molecular complexity index is 748. The molecule has 130 valence electrons. The van der Waals surface area contributed by atoms with Crippen molar-refractivity contribution >= 4 is 29.3 Å². The van der Waals surface area contributed by atoms with Crippen LogP contribution in [0.1, 0.15) is 18.9 Å². The van der Waals surface area contributed by atoms with Crippen LogP contribution in [0.25, 0.3) is 0 Å². The molecular formula is C20H22N2O2S. The molecule has 0 bridgehead atoms. The van der Waals surface area contributed by atoms with E-state index in [4.69, 9.17) is 0 Å². The topological polar surface area (TPSA) is 49.4 Å². The van der Waals surface area contributed by atoms with Crippen molar-refractivity contribution in [3.05, 3.63) is 60.2 Å². The Kier molecular flexibility index (Phi) is 5.76. The standard InChI is InChI=1S/C20H22N2O2S/c1-2-17-20(24)22(16-10-6-7-11-18(16)25-17)14-19(23)21-13-12-15-8-4-3-5-9-15/h3-11,17H,2,12-14H2,1H3,(H,21,23)/t17-/m0/s1. The number of hydrogen-bond acceptors (Lipinski definition) is 3. The van der Waals surface area contributed by atoms with E-state index in [1.54, 1.807) is 16.7 Å². The van der Waals surface area contributed by atoms with Gasteiger partial charge in [0.05, 0.1) is 10.9 Å². The molecule has 5 heteroatoms. The van der Waals surface area contributed by atoms with E-state index < -0.39 is 0 Å². The SMILES string of the molecule is CC[C@@H]1Sc2ccccc2N(CC(=O)NCCc2ccccc2)C1=O. The smallest absolute Gasteiger partial charge is 0.240 e. The molecule has 1 heterocycles. The van der Waals surface area contributed by atoms with Crippen LogP contribution in [0.3, 0.4) is 0 Å². The molecule has 0 fully saturated rings. The molecule has 0 radical (unpaired) electrons. The van der Waals surface area contributed by atoms with Gasteiger partial charge in [-0.05, 0) is 30.5 Å². The molecule has 4 nitrogen and oxygen atoms in total. The van der Waals surface area contributed by atoms with Gasteiger partial charge in [0.1, 0.15) is 6.54 Å². The van der Waals surface area contributed by atoms with Crippen molar-refractivity contribution in [2.45, 2.75) is 29.9 Å². The summed E-state index contributed by atoms with van der Waals surface area (Å²) in [7, 11) is 0. The van der Waals surface area contributed by atoms with Crippen molar-refractivity contribution < 1.29 is 9.59 Å². The molecule has 0 unspecified atom stereocenters. The first kappa shape index (κ1) is 17.5. The first-order valence-electron chi connectivity index (χ1n) is 8.56. The number of rotatable bonds is 6. The molecule has 2 amide bonds. The van der Waals surface area contributed by atoms with Gasteiger partial charge in [-0.2, -0.15) is 0 Å². The zero-order valence-corrected chi connectivity index (χ0v) is 15.1. The highest BCUT2D eigenvalue weighted by atomic mass is 32.2. The predicted molar refractivity (Wildman–Crippen MR) is 102 cm³/mol. The molecule has 0 spiro atoms. The van der Waals surface area contributed by atoms with Crippen molar-refractivity contribution in [3.63, 3.8) is 0 Å². The summed E-state index contributed by atoms with van der Waals surface area (Å²) in [4.78, 5) is 27.7. The van der Waals surface area contributed by atoms with Gasteiger partial charge >= 0.3 is 0 Å². The van der Waals surface area contributed by atoms with E-state index in [0.29, 0.717) is 6.54 Å². The lowest BCUT2D eigenvalue weighted by atomic mass is 10.1. The number of nitrogens with one attached hydrogen (secondary N) is 1. The van der Waals surface area contributed by atoms with Crippen LogP contribution in [0.4, 0.5) is 5.69 Å². The molecule has 25 heavy (non-hydrogen) atoms. The van der Waals surface area contributed by atoms with Gasteiger partial charge in [-0.25, -0.2) is 0 Å². The summed E-state index contributed by atoms with van der Waals surface area (Å²) in [6, 6.07) is 17.8. The largest absolute Gasteiger partial charge is 0.354 e. The van der Waals surface area contributed by atoms with Gasteiger partial charge in [-0.1, -0.05) is 49.4 Å². The van der Waals surface area contributed by atoms with Gasteiger partial charge in [0.2, 0.25) is 11.8 Å². The summed E-state index contributed by atoms with van der Waals surface area (Å²) in [5, 5.41) is 2.80. The first-order chi connectivity index (χ1) is 12.2. The highest BCUT2D eigenvalue weighted by Crippen LogP contribution is 2.39. The van der Waals surface area contributed by atoms with E-state index in [0.717, 1.165) is 23.4 Å². The average molecular weight is 354 g/mol. The lowest BCUT2D eigenvalue weighted by molar-refractivity contribution is -0.123. The van der Waals surface area contributed by atoms with Crippen LogP contribution in [0.5, 0.6) is 0 Å². The maximum Gasteiger partial charge on any atom is 0.240 e. The second-order valence-corrected chi connectivity index (χ2v) is 7.24. The van der Waals surface area contributed by atoms with E-state index in [-0.39, 0.29) is 23.6 Å². The summed E-state index contributed by atoms with van der Waals surface area (Å²) in [6.45, 7) is 2.64. The summed E-state index contributed by atoms with van der Waals surface area (Å²) >= 11 is 1.59. The van der Waals surface area contributed by atoms with Crippen molar-refractivity contribution in [1.82, 2.24) is 5.32 Å². The fraction of sp³-hybridized carbons (Fsp3) is 0.300. The monoisotopic (exact) mass is 354 g/mol. The highest BCUT2D eigenvalue weighted by molar-refractivity contribution is 8.01. The molecule has 0 saturated heterocycles. The number of anilines is 1. The number of carbonyl (C=O) groups excluding carboxylic acids is 2. The second kappa shape index (κ2) is 8.21. The average Bonchev–Trinajstić information content (AvgIpc) is 2.64. The molecule has 0 aliphatic carbocycles. The summed E-state index contributed by atoms with van der Waals surface area (Å²) in [5.41, 5.74) is 2.02. The molecular weight excluding hydrogens is 332 g/mol. The Labute approximate surface area is 152 Å². The zero-order valence-electron chi connectivity index (χ0n) is 14.3. The Morgan fingerprint density at radius 1 is 1.12 bits per heavy atom. The minimum atomic E-state index is -0.124. The minimum absolute atomic E-state index is 0.0180. The fourth-order valence-corrected chi connectivity index (χ4v) is 4.04. The normalized spacial score (nSPS) is 16.4. The number of nitrogens with zero attached hydrogens (tertiary/aromatic N) is 1. The quantitative estimate of drug-likeness (QED) is 0.866. The number of amides is 2. The molecule has 2 aromatic rings. The molecule has 1 N–H and O–H groups in total. The second-order valence-electron chi connectivity index (χ2n) is 5.99.